The molecule has 1 aliphatic heterocycles. The summed E-state index contributed by atoms with van der Waals surface area (Å²) in [5.74, 6) is -0.108. The number of hydrogen-bond acceptors (Lipinski definition) is 5. The maximum absolute atomic E-state index is 12.7. The summed E-state index contributed by atoms with van der Waals surface area (Å²) in [6.07, 6.45) is 2.59. The average Bonchev–Trinajstić information content (AvgIpc) is 2.52. The van der Waals surface area contributed by atoms with Gasteiger partial charge in [0.05, 0.1) is 37.1 Å². The molecule has 116 valence electrons. The topological polar surface area (TPSA) is 74.7 Å². The number of nitrogens with zero attached hydrogens (tertiary/aromatic N) is 2. The Morgan fingerprint density at radius 2 is 2.43 bits per heavy atom. The van der Waals surface area contributed by atoms with E-state index in [9.17, 15) is 9.90 Å². The molecule has 0 aromatic carbocycles. The molecule has 1 amide bonds. The summed E-state index contributed by atoms with van der Waals surface area (Å²) in [4.78, 5) is 18.7. The number of anilines is 1. The molecule has 1 aromatic rings. The largest absolute Gasteiger partial charge is 0.394 e. The number of amides is 1. The third kappa shape index (κ3) is 3.71. The summed E-state index contributed by atoms with van der Waals surface area (Å²) in [5, 5.41) is 12.7. The highest BCUT2D eigenvalue weighted by Crippen LogP contribution is 2.20. The zero-order chi connectivity index (χ0) is 15.2. The average molecular weight is 293 g/mol. The number of hydrogen-bond donors (Lipinski definition) is 2. The Balaban J connectivity index is 2.24. The fourth-order valence-electron chi connectivity index (χ4n) is 2.36. The van der Waals surface area contributed by atoms with Crippen LogP contribution in [0.5, 0.6) is 0 Å². The first-order valence-electron chi connectivity index (χ1n) is 7.37. The SMILES string of the molecule is CCCNc1cc(C)ncc1C(=O)N1CCOCC1CO. The van der Waals surface area contributed by atoms with Crippen molar-refractivity contribution in [1.82, 2.24) is 9.88 Å². The van der Waals surface area contributed by atoms with Crippen LogP contribution in [0.4, 0.5) is 5.69 Å². The number of nitrogens with one attached hydrogen (secondary N) is 1. The monoisotopic (exact) mass is 293 g/mol. The molecular formula is C15H23N3O3. The van der Waals surface area contributed by atoms with E-state index in [2.05, 4.69) is 17.2 Å². The van der Waals surface area contributed by atoms with Gasteiger partial charge in [-0.3, -0.25) is 9.78 Å². The number of morpholine rings is 1. The lowest BCUT2D eigenvalue weighted by atomic mass is 10.1. The van der Waals surface area contributed by atoms with Crippen LogP contribution in [-0.2, 0) is 4.74 Å². The summed E-state index contributed by atoms with van der Waals surface area (Å²) in [7, 11) is 0. The van der Waals surface area contributed by atoms with E-state index in [4.69, 9.17) is 4.74 Å². The molecule has 0 saturated carbocycles. The molecule has 0 spiro atoms. The lowest BCUT2D eigenvalue weighted by Crippen LogP contribution is -2.50. The van der Waals surface area contributed by atoms with Gasteiger partial charge in [-0.05, 0) is 19.4 Å². The van der Waals surface area contributed by atoms with Crippen LogP contribution in [0.2, 0.25) is 0 Å². The number of carbonyl (C=O) groups excluding carboxylic acids is 1. The van der Waals surface area contributed by atoms with Gasteiger partial charge in [0.1, 0.15) is 0 Å². The van der Waals surface area contributed by atoms with Gasteiger partial charge in [-0.1, -0.05) is 6.92 Å². The minimum atomic E-state index is -0.286. The summed E-state index contributed by atoms with van der Waals surface area (Å²) in [6, 6.07) is 1.60. The third-order valence-corrected chi connectivity index (χ3v) is 3.54. The first kappa shape index (κ1) is 15.7. The molecule has 1 aromatic heterocycles. The minimum absolute atomic E-state index is 0.0945. The molecule has 2 rings (SSSR count). The number of rotatable bonds is 5. The van der Waals surface area contributed by atoms with Crippen molar-refractivity contribution in [1.29, 1.82) is 0 Å². The summed E-state index contributed by atoms with van der Waals surface area (Å²) < 4.78 is 5.32. The Morgan fingerprint density at radius 1 is 1.62 bits per heavy atom. The van der Waals surface area contributed by atoms with Gasteiger partial charge in [0.15, 0.2) is 0 Å². The van der Waals surface area contributed by atoms with Crippen LogP contribution < -0.4 is 5.32 Å². The van der Waals surface area contributed by atoms with Crippen LogP contribution in [0.1, 0.15) is 29.4 Å². The van der Waals surface area contributed by atoms with Gasteiger partial charge in [-0.2, -0.15) is 0 Å². The van der Waals surface area contributed by atoms with Gasteiger partial charge < -0.3 is 20.1 Å². The van der Waals surface area contributed by atoms with Crippen molar-refractivity contribution in [2.24, 2.45) is 0 Å². The van der Waals surface area contributed by atoms with Crippen molar-refractivity contribution in [2.75, 3.05) is 38.2 Å². The number of pyridine rings is 1. The molecule has 0 bridgehead atoms. The second-order valence-electron chi connectivity index (χ2n) is 5.21. The number of aliphatic hydroxyl groups is 1. The number of ether oxygens (including phenoxy) is 1. The molecule has 6 heteroatoms. The van der Waals surface area contributed by atoms with Gasteiger partial charge in [0.2, 0.25) is 0 Å². The molecule has 1 saturated heterocycles. The molecule has 1 fully saturated rings. The fraction of sp³-hybridized carbons (Fsp3) is 0.600. The molecule has 1 atom stereocenters. The van der Waals surface area contributed by atoms with Crippen molar-refractivity contribution < 1.29 is 14.6 Å². The van der Waals surface area contributed by atoms with E-state index < -0.39 is 0 Å². The van der Waals surface area contributed by atoms with Gasteiger partial charge >= 0.3 is 0 Å². The third-order valence-electron chi connectivity index (χ3n) is 3.54. The fourth-order valence-corrected chi connectivity index (χ4v) is 2.36. The molecule has 21 heavy (non-hydrogen) atoms. The Morgan fingerprint density at radius 3 is 3.14 bits per heavy atom. The van der Waals surface area contributed by atoms with E-state index in [0.29, 0.717) is 25.3 Å². The van der Waals surface area contributed by atoms with Crippen LogP contribution in [0.25, 0.3) is 0 Å². The normalized spacial score (nSPS) is 18.6. The van der Waals surface area contributed by atoms with E-state index >= 15 is 0 Å². The minimum Gasteiger partial charge on any atom is -0.394 e. The summed E-state index contributed by atoms with van der Waals surface area (Å²) in [6.45, 7) is 6.05. The molecule has 2 N–H and O–H groups in total. The lowest BCUT2D eigenvalue weighted by Gasteiger charge is -2.34. The zero-order valence-electron chi connectivity index (χ0n) is 12.6. The quantitative estimate of drug-likeness (QED) is 0.848. The van der Waals surface area contributed by atoms with Gasteiger partial charge in [0, 0.05) is 25.0 Å². The van der Waals surface area contributed by atoms with Crippen LogP contribution >= 0.6 is 0 Å². The Hall–Kier alpha value is -1.66. The van der Waals surface area contributed by atoms with E-state index in [1.165, 1.54) is 0 Å². The number of aryl methyl sites for hydroxylation is 1. The van der Waals surface area contributed by atoms with Crippen molar-refractivity contribution in [3.05, 3.63) is 23.5 Å². The Labute approximate surface area is 125 Å². The standard InChI is InChI=1S/C15H23N3O3/c1-3-4-16-14-7-11(2)17-8-13(14)15(20)18-5-6-21-10-12(18)9-19/h7-8,12,19H,3-6,9-10H2,1-2H3,(H,16,17). The van der Waals surface area contributed by atoms with E-state index in [1.807, 2.05) is 13.0 Å². The molecule has 1 unspecified atom stereocenters. The Bertz CT molecular complexity index is 493. The van der Waals surface area contributed by atoms with E-state index in [0.717, 1.165) is 24.3 Å². The Kier molecular flexibility index (Phi) is 5.52. The van der Waals surface area contributed by atoms with Crippen LogP contribution in [-0.4, -0.2) is 59.8 Å². The molecule has 1 aliphatic rings. The van der Waals surface area contributed by atoms with Gasteiger partial charge in [-0.15, -0.1) is 0 Å². The highest BCUT2D eigenvalue weighted by atomic mass is 16.5. The van der Waals surface area contributed by atoms with Gasteiger partial charge in [-0.25, -0.2) is 0 Å². The molecular weight excluding hydrogens is 270 g/mol. The highest BCUT2D eigenvalue weighted by Gasteiger charge is 2.29. The zero-order valence-corrected chi connectivity index (χ0v) is 12.6. The van der Waals surface area contributed by atoms with E-state index in [1.54, 1.807) is 11.1 Å². The van der Waals surface area contributed by atoms with Crippen molar-refractivity contribution in [2.45, 2.75) is 26.3 Å². The van der Waals surface area contributed by atoms with Crippen molar-refractivity contribution >= 4 is 11.6 Å². The predicted molar refractivity (Wildman–Crippen MR) is 80.5 cm³/mol. The van der Waals surface area contributed by atoms with Gasteiger partial charge in [0.25, 0.3) is 5.91 Å². The second-order valence-corrected chi connectivity index (χ2v) is 5.21. The molecule has 2 heterocycles. The van der Waals surface area contributed by atoms with Crippen LogP contribution in [0.15, 0.2) is 12.3 Å². The maximum atomic E-state index is 12.7. The molecule has 6 nitrogen and oxygen atoms in total. The predicted octanol–water partition coefficient (Wildman–Crippen LogP) is 1.05. The summed E-state index contributed by atoms with van der Waals surface area (Å²) in [5.41, 5.74) is 2.22. The maximum Gasteiger partial charge on any atom is 0.258 e. The lowest BCUT2D eigenvalue weighted by molar-refractivity contribution is -0.0183. The van der Waals surface area contributed by atoms with Crippen LogP contribution in [0, 0.1) is 6.92 Å². The second kappa shape index (κ2) is 7.38. The summed E-state index contributed by atoms with van der Waals surface area (Å²) >= 11 is 0. The first-order valence-corrected chi connectivity index (χ1v) is 7.37. The van der Waals surface area contributed by atoms with Crippen molar-refractivity contribution in [3.63, 3.8) is 0 Å². The number of aromatic nitrogens is 1. The van der Waals surface area contributed by atoms with Crippen LogP contribution in [0.3, 0.4) is 0 Å². The highest BCUT2D eigenvalue weighted by molar-refractivity contribution is 5.99. The van der Waals surface area contributed by atoms with Crippen molar-refractivity contribution in [3.8, 4) is 0 Å². The molecule has 0 aliphatic carbocycles. The molecule has 0 radical (unpaired) electrons. The first-order chi connectivity index (χ1) is 10.2. The van der Waals surface area contributed by atoms with E-state index in [-0.39, 0.29) is 18.6 Å². The number of aliphatic hydroxyl groups excluding tert-OH is 1. The smallest absolute Gasteiger partial charge is 0.258 e. The number of carbonyl (C=O) groups is 1.